The zero-order valence-corrected chi connectivity index (χ0v) is 15.9. The minimum absolute atomic E-state index is 0.0485. The number of benzene rings is 1. The van der Waals surface area contributed by atoms with Gasteiger partial charge in [-0.15, -0.1) is 0 Å². The lowest BCUT2D eigenvalue weighted by molar-refractivity contribution is -0.159. The molecular formula is C22H24F3N3O. The molecule has 2 aliphatic rings. The van der Waals surface area contributed by atoms with Crippen LogP contribution in [-0.4, -0.2) is 39.5 Å². The molecule has 1 aliphatic heterocycles. The molecule has 0 spiro atoms. The van der Waals surface area contributed by atoms with Crippen molar-refractivity contribution in [3.05, 3.63) is 60.5 Å². The van der Waals surface area contributed by atoms with E-state index in [2.05, 4.69) is 10.3 Å². The van der Waals surface area contributed by atoms with E-state index in [1.807, 2.05) is 34.9 Å². The Kier molecular flexibility index (Phi) is 5.61. The maximum Gasteiger partial charge on any atom is 0.395 e. The zero-order valence-electron chi connectivity index (χ0n) is 15.9. The van der Waals surface area contributed by atoms with Crippen molar-refractivity contribution in [2.24, 2.45) is 5.92 Å². The number of rotatable bonds is 4. The second kappa shape index (κ2) is 8.16. The van der Waals surface area contributed by atoms with E-state index in [0.29, 0.717) is 12.1 Å². The summed E-state index contributed by atoms with van der Waals surface area (Å²) >= 11 is 0. The average Bonchev–Trinajstić information content (AvgIpc) is 3.11. The average molecular weight is 403 g/mol. The van der Waals surface area contributed by atoms with Gasteiger partial charge in [0.1, 0.15) is 0 Å². The van der Waals surface area contributed by atoms with E-state index in [9.17, 15) is 18.3 Å². The number of hydrogen-bond acceptors (Lipinski definition) is 3. The number of nitrogens with one attached hydrogen (secondary N) is 1. The third-order valence-electron chi connectivity index (χ3n) is 5.61. The van der Waals surface area contributed by atoms with Gasteiger partial charge in [-0.2, -0.15) is 13.2 Å². The third kappa shape index (κ3) is 4.46. The Morgan fingerprint density at radius 3 is 2.97 bits per heavy atom. The van der Waals surface area contributed by atoms with Gasteiger partial charge in [0.05, 0.1) is 35.4 Å². The van der Waals surface area contributed by atoms with E-state index in [1.54, 1.807) is 12.4 Å². The second-order valence-corrected chi connectivity index (χ2v) is 7.65. The van der Waals surface area contributed by atoms with Crippen LogP contribution in [0.25, 0.3) is 16.6 Å². The molecule has 0 saturated carbocycles. The van der Waals surface area contributed by atoms with Crippen LogP contribution in [0.4, 0.5) is 13.2 Å². The highest BCUT2D eigenvalue weighted by molar-refractivity contribution is 5.82. The maximum absolute atomic E-state index is 13.1. The number of fused-ring (bicyclic) bond motifs is 1. The molecule has 3 atom stereocenters. The first kappa shape index (κ1) is 19.9. The lowest BCUT2D eigenvalue weighted by Crippen LogP contribution is -2.43. The SMILES string of the molecule is O[C@H]1CCCN[C@@H]1/C=C/Cn1cnc2ccc(C3=CC=CC(C(F)(F)F)C3)cc21. The minimum Gasteiger partial charge on any atom is -0.391 e. The normalized spacial score (nSPS) is 25.7. The highest BCUT2D eigenvalue weighted by Gasteiger charge is 2.38. The first-order valence-electron chi connectivity index (χ1n) is 9.89. The summed E-state index contributed by atoms with van der Waals surface area (Å²) < 4.78 is 41.2. The molecule has 2 N–H and O–H groups in total. The fourth-order valence-corrected chi connectivity index (χ4v) is 3.93. The summed E-state index contributed by atoms with van der Waals surface area (Å²) in [7, 11) is 0. The van der Waals surface area contributed by atoms with Crippen molar-refractivity contribution in [1.29, 1.82) is 0 Å². The summed E-state index contributed by atoms with van der Waals surface area (Å²) in [4.78, 5) is 4.39. The van der Waals surface area contributed by atoms with E-state index < -0.39 is 12.1 Å². The van der Waals surface area contributed by atoms with Crippen molar-refractivity contribution < 1.29 is 18.3 Å². The molecule has 1 unspecified atom stereocenters. The summed E-state index contributed by atoms with van der Waals surface area (Å²) in [6, 6.07) is 5.53. The van der Waals surface area contributed by atoms with Gasteiger partial charge in [0.15, 0.2) is 0 Å². The van der Waals surface area contributed by atoms with Crippen LogP contribution in [0.5, 0.6) is 0 Å². The molecule has 154 valence electrons. The molecule has 1 aliphatic carbocycles. The Bertz CT molecular complexity index is 958. The zero-order chi connectivity index (χ0) is 20.4. The molecule has 2 heterocycles. The van der Waals surface area contributed by atoms with Gasteiger partial charge in [-0.25, -0.2) is 4.98 Å². The Morgan fingerprint density at radius 1 is 1.31 bits per heavy atom. The van der Waals surface area contributed by atoms with E-state index >= 15 is 0 Å². The number of nitrogens with zero attached hydrogens (tertiary/aromatic N) is 2. The molecule has 2 aromatic rings. The van der Waals surface area contributed by atoms with Gasteiger partial charge < -0.3 is 15.0 Å². The predicted molar refractivity (Wildman–Crippen MR) is 107 cm³/mol. The number of aromatic nitrogens is 2. The number of aliphatic hydroxyl groups excluding tert-OH is 1. The van der Waals surface area contributed by atoms with Crippen molar-refractivity contribution >= 4 is 16.6 Å². The Labute approximate surface area is 167 Å². The summed E-state index contributed by atoms with van der Waals surface area (Å²) in [6.07, 6.45) is 7.26. The van der Waals surface area contributed by atoms with Crippen LogP contribution < -0.4 is 5.32 Å². The third-order valence-corrected chi connectivity index (χ3v) is 5.61. The topological polar surface area (TPSA) is 50.1 Å². The largest absolute Gasteiger partial charge is 0.395 e. The van der Waals surface area contributed by atoms with E-state index in [-0.39, 0.29) is 18.6 Å². The molecule has 4 rings (SSSR count). The molecule has 4 nitrogen and oxygen atoms in total. The molecule has 1 saturated heterocycles. The minimum atomic E-state index is -4.23. The van der Waals surface area contributed by atoms with Gasteiger partial charge in [0.25, 0.3) is 0 Å². The van der Waals surface area contributed by atoms with Gasteiger partial charge in [0, 0.05) is 6.54 Å². The first-order valence-corrected chi connectivity index (χ1v) is 9.89. The molecule has 0 bridgehead atoms. The number of halogens is 3. The van der Waals surface area contributed by atoms with E-state index in [1.165, 1.54) is 12.2 Å². The summed E-state index contributed by atoms with van der Waals surface area (Å²) in [5.74, 6) is -1.44. The first-order chi connectivity index (χ1) is 13.9. The van der Waals surface area contributed by atoms with Gasteiger partial charge in [-0.1, -0.05) is 36.4 Å². The van der Waals surface area contributed by atoms with Gasteiger partial charge in [0.2, 0.25) is 0 Å². The number of imidazole rings is 1. The molecule has 1 fully saturated rings. The van der Waals surface area contributed by atoms with Crippen LogP contribution in [0.1, 0.15) is 24.8 Å². The maximum atomic E-state index is 13.1. The quantitative estimate of drug-likeness (QED) is 0.752. The Balaban J connectivity index is 1.52. The number of hydrogen-bond donors (Lipinski definition) is 2. The number of alkyl halides is 3. The Hall–Kier alpha value is -2.38. The van der Waals surface area contributed by atoms with E-state index in [4.69, 9.17) is 0 Å². The highest BCUT2D eigenvalue weighted by Crippen LogP contribution is 2.38. The van der Waals surface area contributed by atoms with Crippen molar-refractivity contribution in [1.82, 2.24) is 14.9 Å². The van der Waals surface area contributed by atoms with E-state index in [0.717, 1.165) is 36.0 Å². The van der Waals surface area contributed by atoms with Crippen LogP contribution >= 0.6 is 0 Å². The molecule has 0 radical (unpaired) electrons. The monoisotopic (exact) mass is 403 g/mol. The summed E-state index contributed by atoms with van der Waals surface area (Å²) in [6.45, 7) is 1.47. The van der Waals surface area contributed by atoms with Crippen molar-refractivity contribution in [2.45, 2.75) is 44.1 Å². The molecule has 7 heteroatoms. The number of aliphatic hydroxyl groups is 1. The van der Waals surface area contributed by atoms with Crippen molar-refractivity contribution in [3.63, 3.8) is 0 Å². The molecule has 1 aromatic carbocycles. The second-order valence-electron chi connectivity index (χ2n) is 7.65. The molecule has 0 amide bonds. The van der Waals surface area contributed by atoms with Crippen LogP contribution in [0.2, 0.25) is 0 Å². The van der Waals surface area contributed by atoms with Crippen molar-refractivity contribution in [2.75, 3.05) is 6.54 Å². The number of allylic oxidation sites excluding steroid dienone is 5. The van der Waals surface area contributed by atoms with Crippen LogP contribution in [-0.2, 0) is 6.54 Å². The molecule has 1 aromatic heterocycles. The molecular weight excluding hydrogens is 379 g/mol. The van der Waals surface area contributed by atoms with Gasteiger partial charge in [-0.05, 0) is 49.1 Å². The number of piperidine rings is 1. The van der Waals surface area contributed by atoms with Gasteiger partial charge >= 0.3 is 6.18 Å². The fraction of sp³-hybridized carbons (Fsp3) is 0.409. The lowest BCUT2D eigenvalue weighted by atomic mass is 9.89. The lowest BCUT2D eigenvalue weighted by Gasteiger charge is -2.26. The summed E-state index contributed by atoms with van der Waals surface area (Å²) in [5, 5.41) is 13.3. The van der Waals surface area contributed by atoms with Crippen LogP contribution in [0.3, 0.4) is 0 Å². The highest BCUT2D eigenvalue weighted by atomic mass is 19.4. The molecule has 29 heavy (non-hydrogen) atoms. The standard InChI is InChI=1S/C22H24F3N3O/c23-22(24,25)17-5-1-4-15(12-17)16-8-9-18-20(13-16)28(14-27-18)11-3-6-19-21(29)7-2-10-26-19/h1,3-6,8-9,13-14,17,19,21,26,29H,2,7,10-12H2/b6-3+/t17?,19-,21+/m1/s1. The Morgan fingerprint density at radius 2 is 2.17 bits per heavy atom. The fourth-order valence-electron chi connectivity index (χ4n) is 3.93. The summed E-state index contributed by atoms with van der Waals surface area (Å²) in [5.41, 5.74) is 3.14. The predicted octanol–water partition coefficient (Wildman–Crippen LogP) is 4.23. The van der Waals surface area contributed by atoms with Crippen LogP contribution in [0, 0.1) is 5.92 Å². The van der Waals surface area contributed by atoms with Gasteiger partial charge in [-0.3, -0.25) is 0 Å². The smallest absolute Gasteiger partial charge is 0.391 e. The van der Waals surface area contributed by atoms with Crippen molar-refractivity contribution in [3.8, 4) is 0 Å². The van der Waals surface area contributed by atoms with Crippen LogP contribution in [0.15, 0.2) is 54.9 Å².